The number of rotatable bonds is 9. The van der Waals surface area contributed by atoms with E-state index in [2.05, 4.69) is 24.8 Å². The van der Waals surface area contributed by atoms with Gasteiger partial charge in [-0.1, -0.05) is 34.0 Å². The van der Waals surface area contributed by atoms with Crippen LogP contribution < -0.4 is 10.2 Å². The highest BCUT2D eigenvalue weighted by molar-refractivity contribution is 7.88. The second-order valence-electron chi connectivity index (χ2n) is 18.7. The third-order valence-corrected chi connectivity index (χ3v) is 16.8. The molecule has 8 heterocycles. The quantitative estimate of drug-likeness (QED) is 0.148. The predicted molar refractivity (Wildman–Crippen MR) is 261 cm³/mol. The lowest BCUT2D eigenvalue weighted by Crippen LogP contribution is -2.31. The molecule has 4 saturated heterocycles. The molecule has 4 fully saturated rings. The molecule has 4 aromatic heterocycles. The Kier molecular flexibility index (Phi) is 12.3. The molecule has 0 radical (unpaired) electrons. The number of nitrogens with zero attached hydrogens (tertiary/aromatic N) is 9. The topological polar surface area (TPSA) is 212 Å². The molecule has 18 nitrogen and oxygen atoms in total. The summed E-state index contributed by atoms with van der Waals surface area (Å²) in [5.41, 5.74) is 9.01. The highest BCUT2D eigenvalue weighted by Gasteiger charge is 2.41. The van der Waals surface area contributed by atoms with E-state index >= 15 is 0 Å². The Labute approximate surface area is 408 Å². The number of sulfonamides is 2. The van der Waals surface area contributed by atoms with Crippen LogP contribution in [-0.4, -0.2) is 105 Å². The van der Waals surface area contributed by atoms with Crippen molar-refractivity contribution in [2.75, 3.05) is 43.6 Å². The lowest BCUT2D eigenvalue weighted by Gasteiger charge is -2.27. The number of aromatic nitrogens is 6. The van der Waals surface area contributed by atoms with Crippen molar-refractivity contribution in [3.63, 3.8) is 0 Å². The summed E-state index contributed by atoms with van der Waals surface area (Å²) in [5, 5.41) is 11.1. The molecule has 0 unspecified atom stereocenters. The number of fused-ring (bicyclic) bond motifs is 2. The third kappa shape index (κ3) is 8.68. The fraction of sp³-hybridized carbons (Fsp3) is 0.417. The molecule has 22 heteroatoms. The van der Waals surface area contributed by atoms with E-state index in [-0.39, 0.29) is 41.4 Å². The summed E-state index contributed by atoms with van der Waals surface area (Å²) in [4.78, 5) is 36.5. The van der Waals surface area contributed by atoms with Gasteiger partial charge in [0.15, 0.2) is 0 Å². The smallest absolute Gasteiger partial charge is 0.227 e. The van der Waals surface area contributed by atoms with Crippen molar-refractivity contribution in [3.8, 4) is 22.3 Å². The van der Waals surface area contributed by atoms with Crippen molar-refractivity contribution in [1.82, 2.24) is 43.3 Å². The lowest BCUT2D eigenvalue weighted by atomic mass is 10.0. The lowest BCUT2D eigenvalue weighted by molar-refractivity contribution is -0.119. The number of hydrogen-bond donors (Lipinski definition) is 1. The maximum absolute atomic E-state index is 14.4. The van der Waals surface area contributed by atoms with Crippen LogP contribution in [0.15, 0.2) is 63.6 Å². The van der Waals surface area contributed by atoms with Gasteiger partial charge in [0.25, 0.3) is 0 Å². The normalized spacial score (nSPS) is 21.4. The van der Waals surface area contributed by atoms with E-state index in [0.29, 0.717) is 81.1 Å². The Bertz CT molecular complexity index is 3440. The average molecular weight is 1020 g/mol. The van der Waals surface area contributed by atoms with Gasteiger partial charge in [-0.3, -0.25) is 9.59 Å². The number of benzene rings is 3. The minimum absolute atomic E-state index is 0.0178. The van der Waals surface area contributed by atoms with Crippen molar-refractivity contribution in [3.05, 3.63) is 100.0 Å². The number of carbonyl (C=O) groups excluding carboxylic acids is 2. The maximum atomic E-state index is 14.4. The second-order valence-corrected chi connectivity index (χ2v) is 23.1. The first-order valence-electron chi connectivity index (χ1n) is 23.1. The summed E-state index contributed by atoms with van der Waals surface area (Å²) in [6, 6.07) is 15.5. The molecule has 4 aliphatic rings. The Morgan fingerprint density at radius 1 is 0.686 bits per heavy atom. The summed E-state index contributed by atoms with van der Waals surface area (Å²) in [6.07, 6.45) is 5.69. The first-order valence-corrected chi connectivity index (χ1v) is 27.2. The number of carbonyl (C=O) groups is 2. The molecule has 368 valence electrons. The highest BCUT2D eigenvalue weighted by Crippen LogP contribution is 2.43. The molecular formula is C48H52ClFN10O8S2. The number of anilines is 1. The van der Waals surface area contributed by atoms with Gasteiger partial charge in [-0.15, -0.1) is 0 Å². The molecule has 0 bridgehead atoms. The van der Waals surface area contributed by atoms with E-state index < -0.39 is 31.9 Å². The van der Waals surface area contributed by atoms with Crippen molar-refractivity contribution >= 4 is 71.2 Å². The van der Waals surface area contributed by atoms with Crippen LogP contribution in [0.1, 0.15) is 97.2 Å². The zero-order valence-corrected chi connectivity index (χ0v) is 41.8. The summed E-state index contributed by atoms with van der Waals surface area (Å²) < 4.78 is 81.1. The molecule has 11 rings (SSSR count). The van der Waals surface area contributed by atoms with Gasteiger partial charge >= 0.3 is 0 Å². The third-order valence-electron chi connectivity index (χ3n) is 14.0. The zero-order valence-electron chi connectivity index (χ0n) is 39.4. The van der Waals surface area contributed by atoms with Crippen LogP contribution in [0.25, 0.3) is 44.3 Å². The molecule has 70 heavy (non-hydrogen) atoms. The Morgan fingerprint density at radius 2 is 1.21 bits per heavy atom. The summed E-state index contributed by atoms with van der Waals surface area (Å²) in [7, 11) is -6.62. The van der Waals surface area contributed by atoms with Crippen molar-refractivity contribution < 1.29 is 39.9 Å². The first kappa shape index (κ1) is 47.7. The van der Waals surface area contributed by atoms with E-state index in [1.165, 1.54) is 33.3 Å². The van der Waals surface area contributed by atoms with Crippen LogP contribution in [0.4, 0.5) is 10.1 Å². The van der Waals surface area contributed by atoms with Gasteiger partial charge in [-0.25, -0.2) is 39.8 Å². The average Bonchev–Trinajstić information content (AvgIpc) is 4.17. The van der Waals surface area contributed by atoms with E-state index in [4.69, 9.17) is 30.6 Å². The number of amides is 2. The zero-order chi connectivity index (χ0) is 49.6. The number of aryl methyl sites for hydroxylation is 4. The summed E-state index contributed by atoms with van der Waals surface area (Å²) in [6.45, 7) is 9.12. The van der Waals surface area contributed by atoms with Crippen LogP contribution >= 0.6 is 11.6 Å². The maximum Gasteiger partial charge on any atom is 0.227 e. The van der Waals surface area contributed by atoms with Gasteiger partial charge in [0, 0.05) is 55.8 Å². The Balaban J connectivity index is 0.000000166. The van der Waals surface area contributed by atoms with Crippen molar-refractivity contribution in [1.29, 1.82) is 0 Å². The van der Waals surface area contributed by atoms with E-state index in [1.807, 2.05) is 64.1 Å². The number of hydrogen-bond acceptors (Lipinski definition) is 12. The summed E-state index contributed by atoms with van der Waals surface area (Å²) >= 11 is 5.91. The minimum atomic E-state index is -3.37. The molecule has 0 saturated carbocycles. The van der Waals surface area contributed by atoms with Crippen LogP contribution in [-0.2, 0) is 29.6 Å². The van der Waals surface area contributed by atoms with E-state index in [9.17, 15) is 30.8 Å². The SMILES string of the molecule is Cc1noc(C)c1-c1ccc2c(c1)nc([C@H]1CCC(=O)N1)n2[C@@H]1CCN(S(C)(=O)=O)C1.Cc1noc(C)c1-c1ccc2c(c1)nc([C@H]1CCC(=O)N1c1ccc(Cl)c(F)c1)n2[C@@H]1CCN(S(C)(=O)=O)C1. The number of halogens is 2. The molecule has 4 aliphatic heterocycles. The fourth-order valence-electron chi connectivity index (χ4n) is 10.7. The standard InChI is InChI=1S/C27H27ClFN5O4S.C21H25N5O4S/c1-15-26(16(2)38-31-15)17-4-7-23-22(12-17)30-27(34(23)19-10-11-32(14-19)39(3,36)37)24-8-9-25(35)33(24)18-5-6-20(28)21(29)13-18;1-12-20(13(2)30-24-12)14-4-6-18-17(10-14)23-21(16-5-7-19(27)22-16)26(18)15-8-9-25(11-15)31(3,28)29/h4-7,12-13,19,24H,8-11,14H2,1-3H3;4,6,10,15-16H,5,7-9,11H2,1-3H3,(H,22,27)/t19-,24-;15-,16-/m11/s1. The Morgan fingerprint density at radius 3 is 1.67 bits per heavy atom. The van der Waals surface area contributed by atoms with Gasteiger partial charge in [-0.2, -0.15) is 0 Å². The summed E-state index contributed by atoms with van der Waals surface area (Å²) in [5.74, 6) is 2.15. The molecule has 3 aromatic carbocycles. The van der Waals surface area contributed by atoms with Crippen molar-refractivity contribution in [2.24, 2.45) is 0 Å². The van der Waals surface area contributed by atoms with Gasteiger partial charge in [0.05, 0.1) is 75.2 Å². The second kappa shape index (κ2) is 18.0. The largest absolute Gasteiger partial charge is 0.361 e. The molecule has 7 aromatic rings. The fourth-order valence-corrected chi connectivity index (χ4v) is 12.6. The van der Waals surface area contributed by atoms with Crippen LogP contribution in [0.5, 0.6) is 0 Å². The van der Waals surface area contributed by atoms with Crippen LogP contribution in [0.2, 0.25) is 5.02 Å². The van der Waals surface area contributed by atoms with Gasteiger partial charge in [0.2, 0.25) is 31.9 Å². The van der Waals surface area contributed by atoms with Gasteiger partial charge in [0.1, 0.15) is 29.0 Å². The van der Waals surface area contributed by atoms with E-state index in [1.54, 1.807) is 11.0 Å². The molecule has 1 N–H and O–H groups in total. The highest BCUT2D eigenvalue weighted by atomic mass is 35.5. The number of nitrogens with one attached hydrogen (secondary N) is 1. The molecule has 2 amide bonds. The molecule has 0 aliphatic carbocycles. The first-order chi connectivity index (χ1) is 33.2. The van der Waals surface area contributed by atoms with Crippen molar-refractivity contribution in [2.45, 2.75) is 90.4 Å². The minimum Gasteiger partial charge on any atom is -0.361 e. The predicted octanol–water partition coefficient (Wildman–Crippen LogP) is 7.64. The molecule has 4 atom stereocenters. The Hall–Kier alpha value is -6.00. The van der Waals surface area contributed by atoms with E-state index in [0.717, 1.165) is 61.8 Å². The van der Waals surface area contributed by atoms with Gasteiger partial charge in [-0.05, 0) is 107 Å². The van der Waals surface area contributed by atoms with Crippen LogP contribution in [0.3, 0.4) is 0 Å². The number of imidazole rings is 2. The molecule has 0 spiro atoms. The van der Waals surface area contributed by atoms with Gasteiger partial charge < -0.3 is 28.4 Å². The monoisotopic (exact) mass is 1010 g/mol. The van der Waals surface area contributed by atoms with Crippen LogP contribution in [0, 0.1) is 33.5 Å². The molecular weight excluding hydrogens is 963 g/mol.